The Labute approximate surface area is 168 Å². The number of hydrogen-bond acceptors (Lipinski definition) is 4. The summed E-state index contributed by atoms with van der Waals surface area (Å²) < 4.78 is 13.3. The maximum atomic E-state index is 12.4. The fraction of sp³-hybridized carbons (Fsp3) is 0.545. The van der Waals surface area contributed by atoms with Crippen molar-refractivity contribution in [3.63, 3.8) is 0 Å². The van der Waals surface area contributed by atoms with E-state index in [4.69, 9.17) is 9.47 Å². The lowest BCUT2D eigenvalue weighted by Crippen LogP contribution is -2.30. The first-order valence-corrected chi connectivity index (χ1v) is 13.7. The smallest absolute Gasteiger partial charge is 0.309 e. The number of methoxy groups -OCH3 is 1. The predicted molar refractivity (Wildman–Crippen MR) is 113 cm³/mol. The average molecular weight is 399 g/mol. The lowest BCUT2D eigenvalue weighted by Gasteiger charge is -2.31. The first-order chi connectivity index (χ1) is 13.3. The van der Waals surface area contributed by atoms with Crippen LogP contribution in [0.5, 0.6) is 0 Å². The zero-order valence-corrected chi connectivity index (χ0v) is 18.5. The van der Waals surface area contributed by atoms with E-state index in [9.17, 15) is 10.1 Å². The Hall–Kier alpha value is -2.10. The van der Waals surface area contributed by atoms with E-state index in [1.807, 2.05) is 12.1 Å². The lowest BCUT2D eigenvalue weighted by molar-refractivity contribution is -0.146. The molecule has 28 heavy (non-hydrogen) atoms. The summed E-state index contributed by atoms with van der Waals surface area (Å²) in [5.41, 5.74) is 3.17. The Morgan fingerprint density at radius 2 is 2.04 bits per heavy atom. The number of nitrogens with zero attached hydrogens (tertiary/aromatic N) is 2. The van der Waals surface area contributed by atoms with Crippen molar-refractivity contribution in [2.45, 2.75) is 57.6 Å². The molecule has 0 saturated carbocycles. The first kappa shape index (κ1) is 20.6. The summed E-state index contributed by atoms with van der Waals surface area (Å²) in [5, 5.41) is 10.9. The molecule has 3 rings (SSSR count). The van der Waals surface area contributed by atoms with E-state index in [2.05, 4.69) is 49.3 Å². The fourth-order valence-electron chi connectivity index (χ4n) is 4.22. The Bertz CT molecular complexity index is 907. The van der Waals surface area contributed by atoms with Gasteiger partial charge in [0, 0.05) is 31.7 Å². The van der Waals surface area contributed by atoms with Gasteiger partial charge in [0.1, 0.15) is 6.73 Å². The van der Waals surface area contributed by atoms with Crippen LogP contribution in [0.25, 0.3) is 10.9 Å². The van der Waals surface area contributed by atoms with Crippen molar-refractivity contribution in [3.8, 4) is 6.07 Å². The van der Waals surface area contributed by atoms with Crippen molar-refractivity contribution >= 4 is 24.9 Å². The number of carbonyl (C=O) groups is 1. The number of rotatable bonds is 6. The zero-order chi connectivity index (χ0) is 20.5. The van der Waals surface area contributed by atoms with Crippen molar-refractivity contribution in [3.05, 3.63) is 35.5 Å². The largest absolute Gasteiger partial charge is 0.469 e. The number of benzene rings is 1. The molecule has 1 aliphatic rings. The van der Waals surface area contributed by atoms with E-state index in [-0.39, 0.29) is 23.7 Å². The van der Waals surface area contributed by atoms with E-state index in [0.29, 0.717) is 13.2 Å². The van der Waals surface area contributed by atoms with Gasteiger partial charge in [0.2, 0.25) is 0 Å². The molecule has 0 radical (unpaired) electrons. The van der Waals surface area contributed by atoms with E-state index < -0.39 is 8.07 Å². The zero-order valence-electron chi connectivity index (χ0n) is 17.5. The van der Waals surface area contributed by atoms with E-state index in [1.165, 1.54) is 7.11 Å². The van der Waals surface area contributed by atoms with Crippen molar-refractivity contribution in [1.29, 1.82) is 5.26 Å². The number of para-hydroxylation sites is 1. The Kier molecular flexibility index (Phi) is 5.97. The molecule has 0 aliphatic heterocycles. The molecule has 150 valence electrons. The highest BCUT2D eigenvalue weighted by Gasteiger charge is 2.41. The Balaban J connectivity index is 2.03. The molecule has 0 fully saturated rings. The second kappa shape index (κ2) is 8.10. The van der Waals surface area contributed by atoms with Crippen LogP contribution in [-0.4, -0.2) is 32.3 Å². The van der Waals surface area contributed by atoms with E-state index in [1.54, 1.807) is 0 Å². The molecule has 6 heteroatoms. The van der Waals surface area contributed by atoms with Gasteiger partial charge in [-0.3, -0.25) is 4.79 Å². The number of fused-ring (bicyclic) bond motifs is 3. The van der Waals surface area contributed by atoms with Gasteiger partial charge in [-0.2, -0.15) is 5.26 Å². The second-order valence-electron chi connectivity index (χ2n) is 8.93. The molecule has 0 spiro atoms. The SMILES string of the molecule is COC(=O)[C@H]1C[C@@H](C#N)c2c(n(COCC[Si](C)(C)C)c3ccccc23)[C@@H]1C. The average Bonchev–Trinajstić information content (AvgIpc) is 2.99. The third kappa shape index (κ3) is 3.87. The fourth-order valence-corrected chi connectivity index (χ4v) is 4.97. The van der Waals surface area contributed by atoms with Gasteiger partial charge in [-0.1, -0.05) is 44.8 Å². The van der Waals surface area contributed by atoms with Crippen LogP contribution in [0.15, 0.2) is 24.3 Å². The highest BCUT2D eigenvalue weighted by atomic mass is 28.3. The number of esters is 1. The molecule has 0 amide bonds. The molecule has 5 nitrogen and oxygen atoms in total. The number of carbonyl (C=O) groups excluding carboxylic acids is 1. The quantitative estimate of drug-likeness (QED) is 0.396. The van der Waals surface area contributed by atoms with Crippen molar-refractivity contribution < 1.29 is 14.3 Å². The molecule has 1 aliphatic carbocycles. The summed E-state index contributed by atoms with van der Waals surface area (Å²) in [5.74, 6) is -0.898. The highest BCUT2D eigenvalue weighted by molar-refractivity contribution is 6.76. The molecule has 1 heterocycles. The van der Waals surface area contributed by atoms with Gasteiger partial charge >= 0.3 is 5.97 Å². The molecule has 1 aromatic heterocycles. The van der Waals surface area contributed by atoms with Gasteiger partial charge < -0.3 is 14.0 Å². The summed E-state index contributed by atoms with van der Waals surface area (Å²) in [6.07, 6.45) is 0.502. The molecular weight excluding hydrogens is 368 g/mol. The van der Waals surface area contributed by atoms with E-state index in [0.717, 1.165) is 34.8 Å². The van der Waals surface area contributed by atoms with Crippen LogP contribution in [0.2, 0.25) is 25.7 Å². The van der Waals surface area contributed by atoms with Gasteiger partial charge in [0.05, 0.1) is 30.5 Å². The normalized spacial score (nSPS) is 21.9. The van der Waals surface area contributed by atoms with Crippen LogP contribution in [0, 0.1) is 17.2 Å². The second-order valence-corrected chi connectivity index (χ2v) is 14.5. The molecule has 0 unspecified atom stereocenters. The van der Waals surface area contributed by atoms with Crippen LogP contribution in [0.4, 0.5) is 0 Å². The number of aromatic nitrogens is 1. The van der Waals surface area contributed by atoms with Crippen LogP contribution in [0.1, 0.15) is 36.4 Å². The van der Waals surface area contributed by atoms with Crippen LogP contribution in [0.3, 0.4) is 0 Å². The predicted octanol–water partition coefficient (Wildman–Crippen LogP) is 4.86. The minimum absolute atomic E-state index is 0.0277. The first-order valence-electron chi connectivity index (χ1n) is 9.94. The van der Waals surface area contributed by atoms with E-state index >= 15 is 0 Å². The van der Waals surface area contributed by atoms with Gasteiger partial charge in [0.15, 0.2) is 0 Å². The number of nitriles is 1. The summed E-state index contributed by atoms with van der Waals surface area (Å²) >= 11 is 0. The maximum Gasteiger partial charge on any atom is 0.309 e. The van der Waals surface area contributed by atoms with Crippen molar-refractivity contribution in [2.24, 2.45) is 5.92 Å². The van der Waals surface area contributed by atoms with Crippen LogP contribution >= 0.6 is 0 Å². The highest BCUT2D eigenvalue weighted by Crippen LogP contribution is 2.47. The minimum Gasteiger partial charge on any atom is -0.469 e. The van der Waals surface area contributed by atoms with Crippen molar-refractivity contribution in [1.82, 2.24) is 4.57 Å². The summed E-state index contributed by atoms with van der Waals surface area (Å²) in [6.45, 7) is 10.2. The number of hydrogen-bond donors (Lipinski definition) is 0. The molecule has 1 aromatic carbocycles. The maximum absolute atomic E-state index is 12.4. The van der Waals surface area contributed by atoms with Gasteiger partial charge in [0.25, 0.3) is 0 Å². The van der Waals surface area contributed by atoms with Crippen molar-refractivity contribution in [2.75, 3.05) is 13.7 Å². The monoisotopic (exact) mass is 398 g/mol. The summed E-state index contributed by atoms with van der Waals surface area (Å²) in [4.78, 5) is 12.4. The molecular formula is C22H30N2O3Si. The Morgan fingerprint density at radius 3 is 2.68 bits per heavy atom. The summed E-state index contributed by atoms with van der Waals surface area (Å²) in [7, 11) is 0.257. The van der Waals surface area contributed by atoms with Crippen LogP contribution in [-0.2, 0) is 21.0 Å². The molecule has 0 saturated heterocycles. The molecule has 3 atom stereocenters. The standard InChI is InChI=1S/C22H30N2O3Si/c1-15-18(22(25)26-2)12-16(13-23)20-17-8-6-7-9-19(17)24(21(15)20)14-27-10-11-28(3,4)5/h6-9,15-16,18H,10-12,14H2,1-5H3/t15-,16+,18+/m1/s1. The Morgan fingerprint density at radius 1 is 1.32 bits per heavy atom. The van der Waals surface area contributed by atoms with Gasteiger partial charge in [-0.05, 0) is 24.1 Å². The third-order valence-corrected chi connectivity index (χ3v) is 7.51. The molecule has 2 aromatic rings. The van der Waals surface area contributed by atoms with Gasteiger partial charge in [-0.15, -0.1) is 0 Å². The molecule has 0 N–H and O–H groups in total. The topological polar surface area (TPSA) is 64.2 Å². The van der Waals surface area contributed by atoms with Crippen LogP contribution < -0.4 is 0 Å². The summed E-state index contributed by atoms with van der Waals surface area (Å²) in [6, 6.07) is 11.7. The molecule has 0 bridgehead atoms. The third-order valence-electron chi connectivity index (χ3n) is 5.80. The number of ether oxygens (including phenoxy) is 2. The minimum atomic E-state index is -1.16. The van der Waals surface area contributed by atoms with Gasteiger partial charge in [-0.25, -0.2) is 0 Å². The lowest BCUT2D eigenvalue weighted by atomic mass is 9.73.